The van der Waals surface area contributed by atoms with Crippen molar-refractivity contribution in [3.05, 3.63) is 0 Å². The Kier molecular flexibility index (Phi) is 8.48. The SMILES string of the molecule is C[C@@H](O)[C@H](N)C(=O)OC[C@@]1(O[C@H]2O[C@H](CO)[C@@H](O)[C@H](O)[C@H]2O)O[C@H](CO)[C@@H](O)[C@@H]1O. The topological polar surface area (TPSA) is 242 Å². The molecule has 2 heterocycles. The summed E-state index contributed by atoms with van der Waals surface area (Å²) in [7, 11) is 0. The molecule has 2 fully saturated rings. The first kappa shape index (κ1) is 25.3. The maximum absolute atomic E-state index is 12.0. The van der Waals surface area contributed by atoms with Crippen molar-refractivity contribution in [3.8, 4) is 0 Å². The van der Waals surface area contributed by atoms with Gasteiger partial charge in [-0.3, -0.25) is 4.79 Å². The molecule has 2 saturated heterocycles. The molecule has 11 atom stereocenters. The Morgan fingerprint density at radius 1 is 1.03 bits per heavy atom. The molecule has 2 aliphatic rings. The monoisotopic (exact) mass is 443 g/mol. The fraction of sp³-hybridized carbons (Fsp3) is 0.938. The number of ether oxygens (including phenoxy) is 4. The van der Waals surface area contributed by atoms with Crippen LogP contribution in [-0.4, -0.2) is 134 Å². The third kappa shape index (κ3) is 4.90. The number of carbonyl (C=O) groups excluding carboxylic acids is 1. The number of hydrogen-bond donors (Lipinski definition) is 9. The van der Waals surface area contributed by atoms with Gasteiger partial charge in [-0.25, -0.2) is 0 Å². The Labute approximate surface area is 171 Å². The standard InChI is InChI=1S/C16H29NO13/c1-5(20)8(17)14(26)27-4-16(13(25)10(22)7(3-19)29-16)30-15-12(24)11(23)9(21)6(2-18)28-15/h5-13,15,18-25H,2-4,17H2,1H3/t5-,6-,7-,8+,9-,10-,11+,12-,13+,15-,16+/m1/s1. The van der Waals surface area contributed by atoms with E-state index >= 15 is 0 Å². The van der Waals surface area contributed by atoms with Gasteiger partial charge in [0.1, 0.15) is 55.4 Å². The lowest BCUT2D eigenvalue weighted by Gasteiger charge is -2.43. The molecule has 10 N–H and O–H groups in total. The van der Waals surface area contributed by atoms with E-state index in [9.17, 15) is 45.6 Å². The van der Waals surface area contributed by atoms with Gasteiger partial charge < -0.3 is 65.5 Å². The summed E-state index contributed by atoms with van der Waals surface area (Å²) in [6.07, 6.45) is -14.9. The molecule has 0 aromatic heterocycles. The molecule has 0 amide bonds. The molecule has 0 aromatic rings. The zero-order valence-corrected chi connectivity index (χ0v) is 16.1. The highest BCUT2D eigenvalue weighted by Gasteiger charge is 2.59. The van der Waals surface area contributed by atoms with Crippen LogP contribution in [0, 0.1) is 0 Å². The van der Waals surface area contributed by atoms with Crippen molar-refractivity contribution >= 4 is 5.97 Å². The third-order valence-electron chi connectivity index (χ3n) is 5.06. The first-order chi connectivity index (χ1) is 14.0. The fourth-order valence-electron chi connectivity index (χ4n) is 3.08. The highest BCUT2D eigenvalue weighted by Crippen LogP contribution is 2.36. The number of carbonyl (C=O) groups is 1. The summed E-state index contributed by atoms with van der Waals surface area (Å²) < 4.78 is 20.9. The summed E-state index contributed by atoms with van der Waals surface area (Å²) in [6, 6.07) is -1.45. The highest BCUT2D eigenvalue weighted by molar-refractivity contribution is 5.76. The van der Waals surface area contributed by atoms with Crippen LogP contribution in [0.5, 0.6) is 0 Å². The molecular formula is C16H29NO13. The quantitative estimate of drug-likeness (QED) is 0.159. The second-order valence-corrected chi connectivity index (χ2v) is 7.28. The summed E-state index contributed by atoms with van der Waals surface area (Å²) in [5.41, 5.74) is 5.47. The molecule has 0 spiro atoms. The molecule has 30 heavy (non-hydrogen) atoms. The fourth-order valence-corrected chi connectivity index (χ4v) is 3.08. The molecule has 176 valence electrons. The minimum absolute atomic E-state index is 0.763. The molecule has 2 aliphatic heterocycles. The van der Waals surface area contributed by atoms with Crippen molar-refractivity contribution in [2.45, 2.75) is 73.9 Å². The van der Waals surface area contributed by atoms with E-state index in [-0.39, 0.29) is 0 Å². The molecule has 0 unspecified atom stereocenters. The van der Waals surface area contributed by atoms with Crippen LogP contribution in [0.2, 0.25) is 0 Å². The van der Waals surface area contributed by atoms with E-state index in [1.165, 1.54) is 6.92 Å². The van der Waals surface area contributed by atoms with Crippen molar-refractivity contribution in [1.29, 1.82) is 0 Å². The Morgan fingerprint density at radius 2 is 1.63 bits per heavy atom. The zero-order valence-electron chi connectivity index (χ0n) is 16.1. The molecule has 14 heteroatoms. The van der Waals surface area contributed by atoms with Gasteiger partial charge in [-0.05, 0) is 6.92 Å². The van der Waals surface area contributed by atoms with Gasteiger partial charge in [-0.1, -0.05) is 0 Å². The van der Waals surface area contributed by atoms with Crippen LogP contribution in [0.15, 0.2) is 0 Å². The minimum atomic E-state index is -2.39. The van der Waals surface area contributed by atoms with Gasteiger partial charge in [-0.15, -0.1) is 0 Å². The zero-order chi connectivity index (χ0) is 22.8. The van der Waals surface area contributed by atoms with E-state index in [1.807, 2.05) is 0 Å². The Morgan fingerprint density at radius 3 is 2.13 bits per heavy atom. The highest BCUT2D eigenvalue weighted by atomic mass is 16.8. The van der Waals surface area contributed by atoms with Crippen LogP contribution in [0.4, 0.5) is 0 Å². The maximum Gasteiger partial charge on any atom is 0.325 e. The largest absolute Gasteiger partial charge is 0.459 e. The lowest BCUT2D eigenvalue weighted by Crippen LogP contribution is -2.63. The first-order valence-electron chi connectivity index (χ1n) is 9.22. The van der Waals surface area contributed by atoms with Crippen LogP contribution in [-0.2, 0) is 23.7 Å². The Bertz CT molecular complexity index is 577. The van der Waals surface area contributed by atoms with Crippen molar-refractivity contribution in [3.63, 3.8) is 0 Å². The summed E-state index contributed by atoms with van der Waals surface area (Å²) in [6.45, 7) is -1.21. The van der Waals surface area contributed by atoms with Crippen LogP contribution in [0.1, 0.15) is 6.92 Å². The lowest BCUT2D eigenvalue weighted by atomic mass is 9.99. The average Bonchev–Trinajstić information content (AvgIpc) is 2.96. The second kappa shape index (κ2) is 10.1. The Balaban J connectivity index is 2.25. The molecular weight excluding hydrogens is 414 g/mol. The first-order valence-corrected chi connectivity index (χ1v) is 9.22. The van der Waals surface area contributed by atoms with Gasteiger partial charge in [0.25, 0.3) is 0 Å². The minimum Gasteiger partial charge on any atom is -0.459 e. The predicted octanol–water partition coefficient (Wildman–Crippen LogP) is -6.14. The summed E-state index contributed by atoms with van der Waals surface area (Å²) >= 11 is 0. The van der Waals surface area contributed by atoms with E-state index in [1.54, 1.807) is 0 Å². The van der Waals surface area contributed by atoms with Gasteiger partial charge in [0, 0.05) is 0 Å². The Hall–Kier alpha value is -1.01. The molecule has 14 nitrogen and oxygen atoms in total. The summed E-state index contributed by atoms with van der Waals surface area (Å²) in [5.74, 6) is -3.51. The summed E-state index contributed by atoms with van der Waals surface area (Å²) in [4.78, 5) is 12.0. The average molecular weight is 443 g/mol. The number of rotatable bonds is 8. The van der Waals surface area contributed by atoms with Gasteiger partial charge >= 0.3 is 5.97 Å². The van der Waals surface area contributed by atoms with Gasteiger partial charge in [0.05, 0.1) is 19.3 Å². The smallest absolute Gasteiger partial charge is 0.325 e. The maximum atomic E-state index is 12.0. The van der Waals surface area contributed by atoms with Crippen molar-refractivity contribution in [2.75, 3.05) is 19.8 Å². The molecule has 0 aromatic carbocycles. The van der Waals surface area contributed by atoms with Crippen LogP contribution < -0.4 is 5.73 Å². The van der Waals surface area contributed by atoms with Gasteiger partial charge in [0.2, 0.25) is 5.79 Å². The number of nitrogens with two attached hydrogens (primary N) is 1. The van der Waals surface area contributed by atoms with Crippen molar-refractivity contribution in [2.24, 2.45) is 5.73 Å². The van der Waals surface area contributed by atoms with Crippen LogP contribution in [0.3, 0.4) is 0 Å². The molecule has 0 bridgehead atoms. The lowest BCUT2D eigenvalue weighted by molar-refractivity contribution is -0.383. The van der Waals surface area contributed by atoms with Crippen molar-refractivity contribution < 1.29 is 64.6 Å². The van der Waals surface area contributed by atoms with Gasteiger partial charge in [-0.2, -0.15) is 0 Å². The van der Waals surface area contributed by atoms with Crippen LogP contribution >= 0.6 is 0 Å². The van der Waals surface area contributed by atoms with E-state index in [4.69, 9.17) is 24.7 Å². The molecule has 2 rings (SSSR count). The second-order valence-electron chi connectivity index (χ2n) is 7.28. The summed E-state index contributed by atoms with van der Waals surface area (Å²) in [5, 5.41) is 78.5. The van der Waals surface area contributed by atoms with E-state index < -0.39 is 92.7 Å². The van der Waals surface area contributed by atoms with Crippen LogP contribution in [0.25, 0.3) is 0 Å². The van der Waals surface area contributed by atoms with E-state index in [2.05, 4.69) is 0 Å². The third-order valence-corrected chi connectivity index (χ3v) is 5.06. The normalized spacial score (nSPS) is 43.9. The number of esters is 1. The van der Waals surface area contributed by atoms with Gasteiger partial charge in [0.15, 0.2) is 6.29 Å². The molecule has 0 aliphatic carbocycles. The predicted molar refractivity (Wildman–Crippen MR) is 92.2 cm³/mol. The molecule has 0 radical (unpaired) electrons. The van der Waals surface area contributed by atoms with E-state index in [0.717, 1.165) is 0 Å². The molecule has 0 saturated carbocycles. The number of aliphatic hydroxyl groups excluding tert-OH is 8. The number of aliphatic hydroxyl groups is 8. The van der Waals surface area contributed by atoms with Crippen molar-refractivity contribution in [1.82, 2.24) is 0 Å². The number of hydrogen-bond acceptors (Lipinski definition) is 14. The van der Waals surface area contributed by atoms with E-state index in [0.29, 0.717) is 0 Å².